The standard InChI is InChI=1S/C12H7BrOS/c13-12-10(14)9-6-5-7-3-1-2-4-8(7)11(9)15-12/h1-6,14H. The van der Waals surface area contributed by atoms with E-state index in [9.17, 15) is 5.11 Å². The van der Waals surface area contributed by atoms with Crippen LogP contribution in [0, 0.1) is 0 Å². The number of hydrogen-bond donors (Lipinski definition) is 1. The van der Waals surface area contributed by atoms with Crippen LogP contribution in [0.25, 0.3) is 20.9 Å². The Kier molecular flexibility index (Phi) is 1.97. The molecule has 1 nitrogen and oxygen atoms in total. The van der Waals surface area contributed by atoms with Crippen molar-refractivity contribution >= 4 is 48.1 Å². The van der Waals surface area contributed by atoms with Gasteiger partial charge in [0.15, 0.2) is 0 Å². The second kappa shape index (κ2) is 3.22. The quantitative estimate of drug-likeness (QED) is 0.641. The van der Waals surface area contributed by atoms with Crippen LogP contribution in [0.4, 0.5) is 0 Å². The van der Waals surface area contributed by atoms with Gasteiger partial charge in [-0.15, -0.1) is 11.3 Å². The number of thiophene rings is 1. The van der Waals surface area contributed by atoms with E-state index < -0.39 is 0 Å². The molecule has 0 radical (unpaired) electrons. The highest BCUT2D eigenvalue weighted by Crippen LogP contribution is 2.43. The summed E-state index contributed by atoms with van der Waals surface area (Å²) >= 11 is 4.94. The third-order valence-electron chi connectivity index (χ3n) is 2.51. The van der Waals surface area contributed by atoms with Crippen molar-refractivity contribution in [2.45, 2.75) is 0 Å². The molecule has 0 fully saturated rings. The molecule has 74 valence electrons. The second-order valence-electron chi connectivity index (χ2n) is 3.39. The van der Waals surface area contributed by atoms with Crippen LogP contribution in [0.15, 0.2) is 40.2 Å². The molecule has 3 rings (SSSR count). The first-order valence-electron chi connectivity index (χ1n) is 4.56. The van der Waals surface area contributed by atoms with Gasteiger partial charge in [-0.1, -0.05) is 30.3 Å². The first kappa shape index (κ1) is 9.19. The van der Waals surface area contributed by atoms with Crippen molar-refractivity contribution in [3.8, 4) is 5.75 Å². The van der Waals surface area contributed by atoms with Crippen LogP contribution >= 0.6 is 27.3 Å². The van der Waals surface area contributed by atoms with Crippen LogP contribution in [-0.2, 0) is 0 Å². The predicted molar refractivity (Wildman–Crippen MR) is 68.7 cm³/mol. The van der Waals surface area contributed by atoms with Gasteiger partial charge < -0.3 is 5.11 Å². The molecule has 0 aliphatic rings. The summed E-state index contributed by atoms with van der Waals surface area (Å²) < 4.78 is 1.94. The van der Waals surface area contributed by atoms with Crippen LogP contribution in [0.2, 0.25) is 0 Å². The van der Waals surface area contributed by atoms with Crippen molar-refractivity contribution in [3.63, 3.8) is 0 Å². The maximum absolute atomic E-state index is 9.82. The van der Waals surface area contributed by atoms with Crippen molar-refractivity contribution in [1.29, 1.82) is 0 Å². The molecular formula is C12H7BrOS. The van der Waals surface area contributed by atoms with Crippen LogP contribution in [0.5, 0.6) is 5.75 Å². The predicted octanol–water partition coefficient (Wildman–Crippen LogP) is 4.52. The minimum absolute atomic E-state index is 0.348. The SMILES string of the molecule is Oc1c(Br)sc2c1ccc1ccccc12. The number of benzene rings is 2. The molecule has 2 aromatic carbocycles. The Morgan fingerprint density at radius 3 is 2.67 bits per heavy atom. The highest BCUT2D eigenvalue weighted by atomic mass is 79.9. The number of rotatable bonds is 0. The number of halogens is 1. The zero-order chi connectivity index (χ0) is 10.4. The summed E-state index contributed by atoms with van der Waals surface area (Å²) in [4.78, 5) is 0. The zero-order valence-electron chi connectivity index (χ0n) is 7.70. The average Bonchev–Trinajstić information content (AvgIpc) is 2.56. The molecule has 3 aromatic rings. The van der Waals surface area contributed by atoms with Gasteiger partial charge in [0.2, 0.25) is 0 Å². The van der Waals surface area contributed by atoms with E-state index in [1.807, 2.05) is 24.3 Å². The molecule has 0 aliphatic carbocycles. The lowest BCUT2D eigenvalue weighted by Gasteiger charge is -1.98. The molecule has 0 atom stereocenters. The first-order valence-corrected chi connectivity index (χ1v) is 6.17. The van der Waals surface area contributed by atoms with Gasteiger partial charge in [-0.3, -0.25) is 0 Å². The van der Waals surface area contributed by atoms with Gasteiger partial charge in [0.1, 0.15) is 9.54 Å². The van der Waals surface area contributed by atoms with E-state index in [-0.39, 0.29) is 0 Å². The highest BCUT2D eigenvalue weighted by Gasteiger charge is 2.10. The summed E-state index contributed by atoms with van der Waals surface area (Å²) in [7, 11) is 0. The molecule has 0 aliphatic heterocycles. The Labute approximate surface area is 99.1 Å². The molecule has 0 saturated carbocycles. The fraction of sp³-hybridized carbons (Fsp3) is 0. The molecule has 0 bridgehead atoms. The lowest BCUT2D eigenvalue weighted by molar-refractivity contribution is 0.481. The van der Waals surface area contributed by atoms with Gasteiger partial charge >= 0.3 is 0 Å². The van der Waals surface area contributed by atoms with Crippen molar-refractivity contribution in [3.05, 3.63) is 40.2 Å². The lowest BCUT2D eigenvalue weighted by atomic mass is 10.1. The van der Waals surface area contributed by atoms with Gasteiger partial charge in [-0.05, 0) is 32.8 Å². The maximum Gasteiger partial charge on any atom is 0.148 e. The minimum Gasteiger partial charge on any atom is -0.505 e. The van der Waals surface area contributed by atoms with E-state index in [0.29, 0.717) is 5.75 Å². The second-order valence-corrected chi connectivity index (χ2v) is 5.73. The molecule has 0 unspecified atom stereocenters. The smallest absolute Gasteiger partial charge is 0.148 e. The summed E-state index contributed by atoms with van der Waals surface area (Å²) in [6.07, 6.45) is 0. The van der Waals surface area contributed by atoms with Crippen LogP contribution < -0.4 is 0 Å². The Morgan fingerprint density at radius 1 is 1.00 bits per heavy atom. The van der Waals surface area contributed by atoms with E-state index in [2.05, 4.69) is 28.1 Å². The third-order valence-corrected chi connectivity index (χ3v) is 4.39. The van der Waals surface area contributed by atoms with Crippen molar-refractivity contribution in [2.75, 3.05) is 0 Å². The average molecular weight is 279 g/mol. The fourth-order valence-electron chi connectivity index (χ4n) is 1.78. The number of hydrogen-bond acceptors (Lipinski definition) is 2. The Morgan fingerprint density at radius 2 is 1.80 bits per heavy atom. The Bertz CT molecular complexity index is 657. The van der Waals surface area contributed by atoms with E-state index in [4.69, 9.17) is 0 Å². The molecular weight excluding hydrogens is 272 g/mol. The molecule has 1 heterocycles. The summed E-state index contributed by atoms with van der Waals surface area (Å²) in [6.45, 7) is 0. The van der Waals surface area contributed by atoms with E-state index in [1.165, 1.54) is 10.8 Å². The van der Waals surface area contributed by atoms with Gasteiger partial charge in [0, 0.05) is 10.1 Å². The van der Waals surface area contributed by atoms with Crippen molar-refractivity contribution in [2.24, 2.45) is 0 Å². The number of fused-ring (bicyclic) bond motifs is 3. The van der Waals surface area contributed by atoms with Crippen LogP contribution in [0.3, 0.4) is 0 Å². The zero-order valence-corrected chi connectivity index (χ0v) is 10.1. The lowest BCUT2D eigenvalue weighted by Crippen LogP contribution is -1.71. The normalized spacial score (nSPS) is 11.3. The first-order chi connectivity index (χ1) is 7.27. The third kappa shape index (κ3) is 1.27. The molecule has 15 heavy (non-hydrogen) atoms. The molecule has 1 aromatic heterocycles. The maximum atomic E-state index is 9.82. The summed E-state index contributed by atoms with van der Waals surface area (Å²) in [6, 6.07) is 12.2. The summed E-state index contributed by atoms with van der Waals surface area (Å²) in [5.74, 6) is 0.348. The summed E-state index contributed by atoms with van der Waals surface area (Å²) in [5.41, 5.74) is 0. The monoisotopic (exact) mass is 278 g/mol. The Hall–Kier alpha value is -1.06. The van der Waals surface area contributed by atoms with Gasteiger partial charge in [-0.25, -0.2) is 0 Å². The van der Waals surface area contributed by atoms with Gasteiger partial charge in [0.25, 0.3) is 0 Å². The van der Waals surface area contributed by atoms with E-state index in [1.54, 1.807) is 11.3 Å². The van der Waals surface area contributed by atoms with Crippen molar-refractivity contribution < 1.29 is 5.11 Å². The fourth-order valence-corrected chi connectivity index (χ4v) is 3.44. The van der Waals surface area contributed by atoms with Crippen LogP contribution in [0.1, 0.15) is 0 Å². The summed E-state index contributed by atoms with van der Waals surface area (Å²) in [5, 5.41) is 13.1. The Balaban J connectivity index is 2.60. The molecule has 3 heteroatoms. The van der Waals surface area contributed by atoms with Crippen LogP contribution in [-0.4, -0.2) is 5.11 Å². The van der Waals surface area contributed by atoms with Gasteiger partial charge in [-0.2, -0.15) is 0 Å². The largest absolute Gasteiger partial charge is 0.505 e. The van der Waals surface area contributed by atoms with Gasteiger partial charge in [0.05, 0.1) is 0 Å². The highest BCUT2D eigenvalue weighted by molar-refractivity contribution is 9.11. The van der Waals surface area contributed by atoms with Crippen molar-refractivity contribution in [1.82, 2.24) is 0 Å². The number of aromatic hydroxyl groups is 1. The topological polar surface area (TPSA) is 20.2 Å². The van der Waals surface area contributed by atoms with E-state index in [0.717, 1.165) is 13.9 Å². The molecule has 0 amide bonds. The molecule has 1 N–H and O–H groups in total. The van der Waals surface area contributed by atoms with E-state index >= 15 is 0 Å². The molecule has 0 spiro atoms. The minimum atomic E-state index is 0.348. The molecule has 0 saturated heterocycles.